The third-order valence-corrected chi connectivity index (χ3v) is 5.26. The molecule has 0 saturated carbocycles. The third kappa shape index (κ3) is 1.75. The Morgan fingerprint density at radius 1 is 0.833 bits per heavy atom. The largest absolute Gasteiger partial charge is 0.353 e. The minimum atomic E-state index is 0.169. The first-order valence-electron chi connectivity index (χ1n) is 8.48. The van der Waals surface area contributed by atoms with Crippen LogP contribution in [0.1, 0.15) is 23.1 Å². The molecule has 2 N–H and O–H groups in total. The van der Waals surface area contributed by atoms with E-state index in [1.54, 1.807) is 0 Å². The summed E-state index contributed by atoms with van der Waals surface area (Å²) in [6.45, 7) is 2.13. The van der Waals surface area contributed by atoms with Crippen LogP contribution in [0, 0.1) is 6.92 Å². The van der Waals surface area contributed by atoms with Crippen molar-refractivity contribution in [2.45, 2.75) is 26.2 Å². The van der Waals surface area contributed by atoms with Gasteiger partial charge in [0.2, 0.25) is 0 Å². The molecular formula is C21H18N2O. The Hall–Kier alpha value is -2.81. The summed E-state index contributed by atoms with van der Waals surface area (Å²) in [5.74, 6) is 0. The average molecular weight is 314 g/mol. The van der Waals surface area contributed by atoms with E-state index in [-0.39, 0.29) is 5.43 Å². The molecule has 5 rings (SSSR count). The van der Waals surface area contributed by atoms with Gasteiger partial charge in [0.05, 0.1) is 11.4 Å². The smallest absolute Gasteiger partial charge is 0.193 e. The molecule has 2 heterocycles. The lowest BCUT2D eigenvalue weighted by Crippen LogP contribution is -2.12. The Balaban J connectivity index is 1.93. The highest BCUT2D eigenvalue weighted by atomic mass is 16.1. The Labute approximate surface area is 139 Å². The zero-order valence-electron chi connectivity index (χ0n) is 13.6. The Bertz CT molecular complexity index is 1160. The Morgan fingerprint density at radius 3 is 2.50 bits per heavy atom. The molecular weight excluding hydrogens is 296 g/mol. The van der Waals surface area contributed by atoms with Gasteiger partial charge in [0, 0.05) is 27.4 Å². The lowest BCUT2D eigenvalue weighted by Gasteiger charge is -2.08. The molecule has 0 fully saturated rings. The van der Waals surface area contributed by atoms with Crippen molar-refractivity contribution in [2.75, 3.05) is 0 Å². The first-order chi connectivity index (χ1) is 11.7. The van der Waals surface area contributed by atoms with Gasteiger partial charge in [0.25, 0.3) is 0 Å². The number of hydrogen-bond acceptors (Lipinski definition) is 1. The van der Waals surface area contributed by atoms with Gasteiger partial charge in [0.15, 0.2) is 5.43 Å². The van der Waals surface area contributed by atoms with E-state index in [9.17, 15) is 4.79 Å². The predicted octanol–water partition coefficient (Wildman–Crippen LogP) is 4.47. The minimum absolute atomic E-state index is 0.169. The summed E-state index contributed by atoms with van der Waals surface area (Å²) in [5, 5.41) is 2.07. The standard InChI is InChI=1S/C21H18N2O/c1-12-6-4-8-13-14-9-5-10-16-20(19(14)23-18(12)13)22-17-11-3-2-7-15(17)21(16)24/h2-4,6-8,11,23H,5,9-10H2,1H3,(H,22,24). The fraction of sp³-hybridized carbons (Fsp3) is 0.190. The van der Waals surface area contributed by atoms with Gasteiger partial charge in [-0.05, 0) is 49.4 Å². The monoisotopic (exact) mass is 314 g/mol. The van der Waals surface area contributed by atoms with Crippen LogP contribution in [-0.4, -0.2) is 9.97 Å². The maximum Gasteiger partial charge on any atom is 0.193 e. The number of pyridine rings is 1. The second kappa shape index (κ2) is 4.84. The number of H-pyrrole nitrogens is 2. The van der Waals surface area contributed by atoms with Crippen LogP contribution in [0.4, 0.5) is 0 Å². The summed E-state index contributed by atoms with van der Waals surface area (Å²) in [6.07, 6.45) is 2.82. The average Bonchev–Trinajstić information content (AvgIpc) is 2.87. The van der Waals surface area contributed by atoms with E-state index in [1.165, 1.54) is 22.0 Å². The van der Waals surface area contributed by atoms with E-state index < -0.39 is 0 Å². The van der Waals surface area contributed by atoms with Crippen molar-refractivity contribution in [3.8, 4) is 11.4 Å². The molecule has 4 aromatic rings. The maximum atomic E-state index is 13.0. The topological polar surface area (TPSA) is 48.6 Å². The Kier molecular flexibility index (Phi) is 2.75. The van der Waals surface area contributed by atoms with Gasteiger partial charge < -0.3 is 9.97 Å². The highest BCUT2D eigenvalue weighted by Crippen LogP contribution is 2.36. The molecule has 0 unspecified atom stereocenters. The van der Waals surface area contributed by atoms with Gasteiger partial charge in [-0.2, -0.15) is 0 Å². The highest BCUT2D eigenvalue weighted by molar-refractivity contribution is 5.94. The van der Waals surface area contributed by atoms with E-state index in [0.29, 0.717) is 0 Å². The van der Waals surface area contributed by atoms with Crippen molar-refractivity contribution in [1.82, 2.24) is 9.97 Å². The van der Waals surface area contributed by atoms with Gasteiger partial charge >= 0.3 is 0 Å². The summed E-state index contributed by atoms with van der Waals surface area (Å²) in [5.41, 5.74) is 7.81. The van der Waals surface area contributed by atoms with Crippen molar-refractivity contribution < 1.29 is 0 Å². The Morgan fingerprint density at radius 2 is 1.58 bits per heavy atom. The number of fused-ring (bicyclic) bond motifs is 6. The quantitative estimate of drug-likeness (QED) is 0.494. The number of benzene rings is 2. The molecule has 0 radical (unpaired) electrons. The van der Waals surface area contributed by atoms with Gasteiger partial charge in [-0.1, -0.05) is 30.3 Å². The van der Waals surface area contributed by atoms with Crippen LogP contribution in [0.15, 0.2) is 47.3 Å². The fourth-order valence-corrected chi connectivity index (χ4v) is 4.06. The SMILES string of the molecule is Cc1cccc2c3c([nH]c12)-c1[nH]c2ccccc2c(=O)c1CCC3. The number of nitrogens with one attached hydrogen (secondary N) is 2. The second-order valence-electron chi connectivity index (χ2n) is 6.68. The number of aromatic nitrogens is 2. The van der Waals surface area contributed by atoms with Gasteiger partial charge in [-0.25, -0.2) is 0 Å². The highest BCUT2D eigenvalue weighted by Gasteiger charge is 2.22. The second-order valence-corrected chi connectivity index (χ2v) is 6.68. The van der Waals surface area contributed by atoms with Crippen LogP contribution in [0.3, 0.4) is 0 Å². The van der Waals surface area contributed by atoms with Gasteiger partial charge in [-0.15, -0.1) is 0 Å². The molecule has 0 saturated heterocycles. The molecule has 1 aliphatic carbocycles. The van der Waals surface area contributed by atoms with Crippen LogP contribution in [0.25, 0.3) is 33.2 Å². The fourth-order valence-electron chi connectivity index (χ4n) is 4.06. The molecule has 0 aliphatic heterocycles. The van der Waals surface area contributed by atoms with Crippen molar-refractivity contribution in [3.05, 3.63) is 69.4 Å². The van der Waals surface area contributed by atoms with Crippen LogP contribution in [0.5, 0.6) is 0 Å². The summed E-state index contributed by atoms with van der Waals surface area (Å²) >= 11 is 0. The van der Waals surface area contributed by atoms with E-state index in [1.807, 2.05) is 24.3 Å². The van der Waals surface area contributed by atoms with Crippen molar-refractivity contribution in [2.24, 2.45) is 0 Å². The number of aryl methyl sites for hydroxylation is 2. The summed E-state index contributed by atoms with van der Waals surface area (Å²) in [7, 11) is 0. The molecule has 3 heteroatoms. The van der Waals surface area contributed by atoms with E-state index >= 15 is 0 Å². The first-order valence-corrected chi connectivity index (χ1v) is 8.48. The van der Waals surface area contributed by atoms with Crippen molar-refractivity contribution in [1.29, 1.82) is 0 Å². The zero-order valence-corrected chi connectivity index (χ0v) is 13.6. The molecule has 1 aliphatic rings. The van der Waals surface area contributed by atoms with Crippen LogP contribution in [-0.2, 0) is 12.8 Å². The lowest BCUT2D eigenvalue weighted by atomic mass is 10.0. The third-order valence-electron chi connectivity index (χ3n) is 5.26. The molecule has 2 aromatic carbocycles. The molecule has 24 heavy (non-hydrogen) atoms. The zero-order chi connectivity index (χ0) is 16.3. The molecule has 0 bridgehead atoms. The van der Waals surface area contributed by atoms with E-state index in [0.717, 1.165) is 47.1 Å². The lowest BCUT2D eigenvalue weighted by molar-refractivity contribution is 0.834. The molecule has 0 atom stereocenters. The van der Waals surface area contributed by atoms with Gasteiger partial charge in [0.1, 0.15) is 0 Å². The minimum Gasteiger partial charge on any atom is -0.353 e. The maximum absolute atomic E-state index is 13.0. The molecule has 2 aromatic heterocycles. The summed E-state index contributed by atoms with van der Waals surface area (Å²) in [6, 6.07) is 14.2. The van der Waals surface area contributed by atoms with E-state index in [4.69, 9.17) is 0 Å². The summed E-state index contributed by atoms with van der Waals surface area (Å²) in [4.78, 5) is 20.1. The number of hydrogen-bond donors (Lipinski definition) is 2. The van der Waals surface area contributed by atoms with Crippen LogP contribution >= 0.6 is 0 Å². The van der Waals surface area contributed by atoms with Crippen LogP contribution in [0.2, 0.25) is 0 Å². The molecule has 118 valence electrons. The van der Waals surface area contributed by atoms with Crippen molar-refractivity contribution in [3.63, 3.8) is 0 Å². The van der Waals surface area contributed by atoms with Crippen LogP contribution < -0.4 is 5.43 Å². The molecule has 0 spiro atoms. The number of para-hydroxylation sites is 2. The van der Waals surface area contributed by atoms with Gasteiger partial charge in [-0.3, -0.25) is 4.79 Å². The molecule has 0 amide bonds. The first kappa shape index (κ1) is 13.6. The number of rotatable bonds is 0. The predicted molar refractivity (Wildman–Crippen MR) is 98.6 cm³/mol. The number of aromatic amines is 2. The normalized spacial score (nSPS) is 13.7. The van der Waals surface area contributed by atoms with Crippen molar-refractivity contribution >= 4 is 21.8 Å². The van der Waals surface area contributed by atoms with E-state index in [2.05, 4.69) is 35.1 Å². The molecule has 3 nitrogen and oxygen atoms in total. The summed E-state index contributed by atoms with van der Waals surface area (Å²) < 4.78 is 0.